The average Bonchev–Trinajstić information content (AvgIpc) is 3.32. The van der Waals surface area contributed by atoms with Crippen molar-refractivity contribution in [1.82, 2.24) is 20.2 Å². The van der Waals surface area contributed by atoms with Gasteiger partial charge in [-0.1, -0.05) is 30.3 Å². The van der Waals surface area contributed by atoms with Crippen molar-refractivity contribution in [3.05, 3.63) is 54.1 Å². The van der Waals surface area contributed by atoms with Crippen LogP contribution in [0.25, 0.3) is 0 Å². The third-order valence-electron chi connectivity index (χ3n) is 4.73. The van der Waals surface area contributed by atoms with Crippen LogP contribution in [0.15, 0.2) is 42.9 Å². The fourth-order valence-electron chi connectivity index (χ4n) is 3.33. The number of nitrogens with zero attached hydrogens (tertiary/aromatic N) is 2. The Labute approximate surface area is 148 Å². The lowest BCUT2D eigenvalue weighted by molar-refractivity contribution is -0.132. The van der Waals surface area contributed by atoms with Crippen LogP contribution in [0.5, 0.6) is 0 Å². The van der Waals surface area contributed by atoms with E-state index in [9.17, 15) is 4.79 Å². The molecule has 1 aliphatic rings. The van der Waals surface area contributed by atoms with Gasteiger partial charge in [-0.25, -0.2) is 4.98 Å². The van der Waals surface area contributed by atoms with Gasteiger partial charge in [0.2, 0.25) is 5.91 Å². The highest BCUT2D eigenvalue weighted by Crippen LogP contribution is 2.10. The van der Waals surface area contributed by atoms with Gasteiger partial charge in [0.15, 0.2) is 0 Å². The number of hydrogen-bond donors (Lipinski definition) is 3. The molecule has 1 amide bonds. The van der Waals surface area contributed by atoms with Crippen molar-refractivity contribution in [3.63, 3.8) is 0 Å². The molecule has 6 nitrogen and oxygen atoms in total. The molecule has 0 bridgehead atoms. The van der Waals surface area contributed by atoms with E-state index in [1.165, 1.54) is 12.0 Å². The molecule has 0 aliphatic carbocycles. The number of carbonyl (C=O) groups is 1. The summed E-state index contributed by atoms with van der Waals surface area (Å²) in [6.07, 6.45) is 6.99. The maximum atomic E-state index is 12.9. The molecule has 2 heterocycles. The van der Waals surface area contributed by atoms with E-state index >= 15 is 0 Å². The van der Waals surface area contributed by atoms with Gasteiger partial charge in [-0.3, -0.25) is 4.79 Å². The lowest BCUT2D eigenvalue weighted by Gasteiger charge is -2.28. The van der Waals surface area contributed by atoms with Gasteiger partial charge in [0.05, 0.1) is 18.1 Å². The van der Waals surface area contributed by atoms with Crippen molar-refractivity contribution in [2.75, 3.05) is 19.6 Å². The molecule has 0 spiro atoms. The van der Waals surface area contributed by atoms with Crippen LogP contribution in [0.4, 0.5) is 0 Å². The van der Waals surface area contributed by atoms with Crippen LogP contribution >= 0.6 is 0 Å². The first-order valence-electron chi connectivity index (χ1n) is 9.01. The Kier molecular flexibility index (Phi) is 6.19. The van der Waals surface area contributed by atoms with E-state index in [2.05, 4.69) is 27.4 Å². The third-order valence-corrected chi connectivity index (χ3v) is 4.73. The molecule has 134 valence electrons. The first-order chi connectivity index (χ1) is 12.2. The number of nitrogens with one attached hydrogen (secondary N) is 2. The summed E-state index contributed by atoms with van der Waals surface area (Å²) in [5, 5.41) is 3.47. The van der Waals surface area contributed by atoms with E-state index in [0.29, 0.717) is 19.0 Å². The summed E-state index contributed by atoms with van der Waals surface area (Å²) in [6, 6.07) is 10.1. The molecule has 0 radical (unpaired) electrons. The number of nitrogens with two attached hydrogens (primary N) is 1. The molecular formula is C19H27N5O. The minimum absolute atomic E-state index is 0.00707. The zero-order valence-corrected chi connectivity index (χ0v) is 14.5. The van der Waals surface area contributed by atoms with E-state index in [-0.39, 0.29) is 5.91 Å². The number of hydrogen-bond acceptors (Lipinski definition) is 4. The van der Waals surface area contributed by atoms with Crippen molar-refractivity contribution in [3.8, 4) is 0 Å². The second kappa shape index (κ2) is 8.78. The molecule has 0 saturated carbocycles. The van der Waals surface area contributed by atoms with Crippen molar-refractivity contribution < 1.29 is 4.79 Å². The van der Waals surface area contributed by atoms with Crippen molar-refractivity contribution >= 4 is 5.91 Å². The largest absolute Gasteiger partial charge is 0.351 e. The quantitative estimate of drug-likeness (QED) is 0.671. The van der Waals surface area contributed by atoms with Gasteiger partial charge in [0, 0.05) is 31.7 Å². The number of rotatable bonds is 8. The van der Waals surface area contributed by atoms with Gasteiger partial charge in [0.1, 0.15) is 0 Å². The van der Waals surface area contributed by atoms with E-state index < -0.39 is 6.04 Å². The van der Waals surface area contributed by atoms with E-state index in [4.69, 9.17) is 5.73 Å². The first-order valence-corrected chi connectivity index (χ1v) is 9.01. The van der Waals surface area contributed by atoms with Gasteiger partial charge in [-0.2, -0.15) is 0 Å². The fraction of sp³-hybridized carbons (Fsp3) is 0.474. The summed E-state index contributed by atoms with van der Waals surface area (Å²) in [4.78, 5) is 21.9. The number of H-pyrrole nitrogens is 1. The summed E-state index contributed by atoms with van der Waals surface area (Å²) >= 11 is 0. The Hall–Kier alpha value is -2.18. The second-order valence-electron chi connectivity index (χ2n) is 6.68. The summed E-state index contributed by atoms with van der Waals surface area (Å²) < 4.78 is 0. The predicted octanol–water partition coefficient (Wildman–Crippen LogP) is 1.10. The molecule has 1 saturated heterocycles. The number of aromatic amines is 1. The number of benzene rings is 1. The van der Waals surface area contributed by atoms with Gasteiger partial charge in [-0.05, 0) is 31.4 Å². The molecule has 2 aromatic rings. The predicted molar refractivity (Wildman–Crippen MR) is 98.0 cm³/mol. The Morgan fingerprint density at radius 3 is 2.88 bits per heavy atom. The summed E-state index contributed by atoms with van der Waals surface area (Å²) in [5.74, 6) is 0.00707. The number of aromatic nitrogens is 2. The molecule has 1 fully saturated rings. The topological polar surface area (TPSA) is 87.0 Å². The zero-order chi connectivity index (χ0) is 17.5. The minimum atomic E-state index is -0.555. The molecule has 3 rings (SSSR count). The van der Waals surface area contributed by atoms with Crippen LogP contribution in [0.3, 0.4) is 0 Å². The first kappa shape index (κ1) is 17.6. The Balaban J connectivity index is 1.62. The fourth-order valence-corrected chi connectivity index (χ4v) is 3.33. The molecule has 1 aromatic carbocycles. The Morgan fingerprint density at radius 1 is 1.36 bits per heavy atom. The van der Waals surface area contributed by atoms with Crippen LogP contribution < -0.4 is 11.1 Å². The molecular weight excluding hydrogens is 314 g/mol. The van der Waals surface area contributed by atoms with E-state index in [1.54, 1.807) is 12.5 Å². The zero-order valence-electron chi connectivity index (χ0n) is 14.5. The van der Waals surface area contributed by atoms with E-state index in [1.807, 2.05) is 23.1 Å². The SMILES string of the molecule is N[C@H](Cc1c[nH]cn1)C(=O)N(CCc1ccccc1)C[C@@H]1CCCN1. The standard InChI is InChI=1S/C19H27N5O/c20-18(11-17-12-21-14-23-17)19(25)24(13-16-7-4-9-22-16)10-8-15-5-2-1-3-6-15/h1-3,5-6,12,14,16,18,22H,4,7-11,13,20H2,(H,21,23)/t16-,18+/m0/s1. The molecule has 4 N–H and O–H groups in total. The summed E-state index contributed by atoms with van der Waals surface area (Å²) in [6.45, 7) is 2.44. The molecule has 1 aromatic heterocycles. The molecule has 6 heteroatoms. The van der Waals surface area contributed by atoms with Gasteiger partial charge in [0.25, 0.3) is 0 Å². The van der Waals surface area contributed by atoms with Crippen molar-refractivity contribution in [2.24, 2.45) is 5.73 Å². The van der Waals surface area contributed by atoms with E-state index in [0.717, 1.165) is 31.6 Å². The van der Waals surface area contributed by atoms with Crippen molar-refractivity contribution in [1.29, 1.82) is 0 Å². The number of carbonyl (C=O) groups excluding carboxylic acids is 1. The highest BCUT2D eigenvalue weighted by molar-refractivity contribution is 5.82. The van der Waals surface area contributed by atoms with Crippen LogP contribution in [0, 0.1) is 0 Å². The molecule has 25 heavy (non-hydrogen) atoms. The maximum absolute atomic E-state index is 12.9. The second-order valence-corrected chi connectivity index (χ2v) is 6.68. The molecule has 2 atom stereocenters. The monoisotopic (exact) mass is 341 g/mol. The maximum Gasteiger partial charge on any atom is 0.239 e. The average molecular weight is 341 g/mol. The van der Waals surface area contributed by atoms with Crippen molar-refractivity contribution in [2.45, 2.75) is 37.8 Å². The number of imidazole rings is 1. The smallest absolute Gasteiger partial charge is 0.239 e. The highest BCUT2D eigenvalue weighted by atomic mass is 16.2. The van der Waals surface area contributed by atoms with Crippen LogP contribution in [0.1, 0.15) is 24.1 Å². The highest BCUT2D eigenvalue weighted by Gasteiger charge is 2.25. The summed E-state index contributed by atoms with van der Waals surface area (Å²) in [5.41, 5.74) is 8.25. The lowest BCUT2D eigenvalue weighted by atomic mass is 10.1. The van der Waals surface area contributed by atoms with Crippen LogP contribution in [-0.2, 0) is 17.6 Å². The minimum Gasteiger partial charge on any atom is -0.351 e. The van der Waals surface area contributed by atoms with Gasteiger partial charge in [-0.15, -0.1) is 0 Å². The number of amides is 1. The summed E-state index contributed by atoms with van der Waals surface area (Å²) in [7, 11) is 0. The van der Waals surface area contributed by atoms with Crippen LogP contribution in [0.2, 0.25) is 0 Å². The normalized spacial score (nSPS) is 18.2. The molecule has 0 unspecified atom stereocenters. The lowest BCUT2D eigenvalue weighted by Crippen LogP contribution is -2.49. The molecule has 1 aliphatic heterocycles. The van der Waals surface area contributed by atoms with Gasteiger partial charge < -0.3 is 20.9 Å². The van der Waals surface area contributed by atoms with Gasteiger partial charge >= 0.3 is 0 Å². The third kappa shape index (κ3) is 5.14. The Morgan fingerprint density at radius 2 is 2.20 bits per heavy atom. The van der Waals surface area contributed by atoms with Crippen LogP contribution in [-0.4, -0.2) is 52.5 Å². The Bertz CT molecular complexity index is 637.